The van der Waals surface area contributed by atoms with Crippen molar-refractivity contribution in [3.8, 4) is 17.3 Å². The van der Waals surface area contributed by atoms with E-state index in [1.54, 1.807) is 24.4 Å². The van der Waals surface area contributed by atoms with E-state index in [4.69, 9.17) is 4.74 Å². The first kappa shape index (κ1) is 24.9. The fourth-order valence-corrected chi connectivity index (χ4v) is 4.52. The average molecular weight is 667 g/mol. The summed E-state index contributed by atoms with van der Waals surface area (Å²) in [7, 11) is 0. The average Bonchev–Trinajstić information content (AvgIpc) is 3.23. The number of pyridine rings is 2. The summed E-state index contributed by atoms with van der Waals surface area (Å²) in [4.78, 5) is 8.86. The molecule has 6 aromatic rings. The molecule has 6 heteroatoms. The van der Waals surface area contributed by atoms with Crippen molar-refractivity contribution in [3.05, 3.63) is 127 Å². The fourth-order valence-electron chi connectivity index (χ4n) is 4.52. The fraction of sp³-hybridized carbons (Fsp3) is 0.0968. The predicted octanol–water partition coefficient (Wildman–Crippen LogP) is 7.43. The number of benzene rings is 3. The van der Waals surface area contributed by atoms with Crippen molar-refractivity contribution in [1.82, 2.24) is 14.5 Å². The molecule has 0 aliphatic carbocycles. The van der Waals surface area contributed by atoms with Gasteiger partial charge in [-0.05, 0) is 42.5 Å². The van der Waals surface area contributed by atoms with E-state index in [9.17, 15) is 4.39 Å². The van der Waals surface area contributed by atoms with Gasteiger partial charge in [0.2, 0.25) is 5.88 Å². The van der Waals surface area contributed by atoms with Crippen molar-refractivity contribution in [3.63, 3.8) is 0 Å². The van der Waals surface area contributed by atoms with Crippen LogP contribution in [0.1, 0.15) is 25.1 Å². The minimum absolute atomic E-state index is 0. The Labute approximate surface area is 229 Å². The van der Waals surface area contributed by atoms with Gasteiger partial charge in [0.05, 0.1) is 0 Å². The Balaban J connectivity index is 0.00000280. The molecule has 0 N–H and O–H groups in total. The Morgan fingerprint density at radius 3 is 2.11 bits per heavy atom. The van der Waals surface area contributed by atoms with Gasteiger partial charge in [0.1, 0.15) is 5.82 Å². The van der Waals surface area contributed by atoms with Crippen LogP contribution in [0.5, 0.6) is 11.6 Å². The molecule has 6 rings (SSSR count). The Morgan fingerprint density at radius 1 is 0.757 bits per heavy atom. The summed E-state index contributed by atoms with van der Waals surface area (Å²) in [6.07, 6.45) is 3.50. The summed E-state index contributed by atoms with van der Waals surface area (Å²) in [5.41, 5.74) is 4.34. The molecule has 0 saturated carbocycles. The van der Waals surface area contributed by atoms with Crippen molar-refractivity contribution < 1.29 is 30.2 Å². The van der Waals surface area contributed by atoms with Gasteiger partial charge in [0.15, 0.2) is 0 Å². The van der Waals surface area contributed by atoms with Gasteiger partial charge in [-0.2, -0.15) is 11.5 Å². The smallest absolute Gasteiger partial charge is 0.460 e. The molecule has 0 spiro atoms. The van der Waals surface area contributed by atoms with Crippen LogP contribution >= 0.6 is 0 Å². The first-order valence-electron chi connectivity index (χ1n) is 11.7. The third kappa shape index (κ3) is 4.56. The van der Waals surface area contributed by atoms with E-state index >= 15 is 0 Å². The number of hydrogen-bond acceptors (Lipinski definition) is 3. The molecule has 0 aliphatic heterocycles. The number of fused-ring (bicyclic) bond motifs is 3. The van der Waals surface area contributed by atoms with Crippen LogP contribution in [0.15, 0.2) is 97.3 Å². The van der Waals surface area contributed by atoms with E-state index in [-0.39, 0.29) is 32.3 Å². The van der Waals surface area contributed by atoms with Gasteiger partial charge in [-0.3, -0.25) is 4.98 Å². The van der Waals surface area contributed by atoms with Crippen LogP contribution in [-0.2, 0) is 26.5 Å². The molecule has 0 radical (unpaired) electrons. The van der Waals surface area contributed by atoms with Crippen molar-refractivity contribution in [2.24, 2.45) is 0 Å². The molecule has 3 heterocycles. The number of aromatic nitrogens is 3. The van der Waals surface area contributed by atoms with Crippen LogP contribution in [0, 0.1) is 17.9 Å². The maximum absolute atomic E-state index is 13.7. The second-order valence-electron chi connectivity index (χ2n) is 9.14. The van der Waals surface area contributed by atoms with Crippen LogP contribution < -0.4 is 4.74 Å². The summed E-state index contributed by atoms with van der Waals surface area (Å²) in [6, 6.07) is 33.1. The van der Waals surface area contributed by atoms with Crippen molar-refractivity contribution in [1.29, 1.82) is 0 Å². The van der Waals surface area contributed by atoms with E-state index in [0.717, 1.165) is 38.8 Å². The summed E-state index contributed by atoms with van der Waals surface area (Å²) in [5.74, 6) is 0.779. The standard InChI is InChI=1S/C31H22FN3O.Pt/c1-31(2,29-7-3-5-17-33-29)21-9-15-27-25(19-21)26-20-24(36-30-8-4-6-18-34-30)14-16-28(26)35(27)23-12-10-22(32)11-13-23;/h3-18H,1-2H3;/q-2;+2. The third-order valence-electron chi connectivity index (χ3n) is 6.47. The summed E-state index contributed by atoms with van der Waals surface area (Å²) in [5, 5.41) is 1.77. The second kappa shape index (κ2) is 9.91. The molecule has 0 bridgehead atoms. The zero-order chi connectivity index (χ0) is 24.7. The molecular weight excluding hydrogens is 644 g/mol. The molecule has 3 aromatic heterocycles. The van der Waals surface area contributed by atoms with Gasteiger partial charge in [-0.15, -0.1) is 35.9 Å². The topological polar surface area (TPSA) is 39.9 Å². The van der Waals surface area contributed by atoms with Gasteiger partial charge in [0.25, 0.3) is 0 Å². The van der Waals surface area contributed by atoms with Crippen molar-refractivity contribution in [2.45, 2.75) is 19.3 Å². The van der Waals surface area contributed by atoms with E-state index in [2.05, 4.69) is 52.6 Å². The summed E-state index contributed by atoms with van der Waals surface area (Å²) >= 11 is 0. The van der Waals surface area contributed by atoms with E-state index in [1.807, 2.05) is 48.7 Å². The van der Waals surface area contributed by atoms with E-state index in [0.29, 0.717) is 11.6 Å². The normalized spacial score (nSPS) is 11.4. The first-order chi connectivity index (χ1) is 17.5. The van der Waals surface area contributed by atoms with Crippen molar-refractivity contribution in [2.75, 3.05) is 0 Å². The van der Waals surface area contributed by atoms with Crippen molar-refractivity contribution >= 4 is 21.8 Å². The largest absolute Gasteiger partial charge is 2.00 e. The van der Waals surface area contributed by atoms with Crippen LogP contribution in [0.4, 0.5) is 4.39 Å². The van der Waals surface area contributed by atoms with E-state index < -0.39 is 0 Å². The quantitative estimate of drug-likeness (QED) is 0.180. The molecule has 0 fully saturated rings. The number of hydrogen-bond donors (Lipinski definition) is 0. The van der Waals surface area contributed by atoms with E-state index in [1.165, 1.54) is 12.1 Å². The Kier molecular flexibility index (Phi) is 6.66. The van der Waals surface area contributed by atoms with Gasteiger partial charge >= 0.3 is 21.1 Å². The number of ether oxygens (including phenoxy) is 1. The van der Waals surface area contributed by atoms with Gasteiger partial charge in [-0.1, -0.05) is 37.0 Å². The molecule has 3 aromatic carbocycles. The maximum atomic E-state index is 13.7. The second-order valence-corrected chi connectivity index (χ2v) is 9.14. The molecular formula is C31H22FN3OPt. The number of rotatable bonds is 5. The Bertz CT molecular complexity index is 1680. The van der Waals surface area contributed by atoms with Crippen LogP contribution in [0.2, 0.25) is 0 Å². The van der Waals surface area contributed by atoms with Crippen LogP contribution in [0.3, 0.4) is 0 Å². The zero-order valence-electron chi connectivity index (χ0n) is 20.2. The van der Waals surface area contributed by atoms with Gasteiger partial charge in [-0.25, -0.2) is 14.8 Å². The molecule has 0 amide bonds. The molecule has 37 heavy (non-hydrogen) atoms. The molecule has 0 atom stereocenters. The van der Waals surface area contributed by atoms with Gasteiger partial charge < -0.3 is 9.30 Å². The van der Waals surface area contributed by atoms with Crippen LogP contribution in [0.25, 0.3) is 27.5 Å². The Hall–Kier alpha value is -3.82. The molecule has 4 nitrogen and oxygen atoms in total. The van der Waals surface area contributed by atoms with Gasteiger partial charge in [0, 0.05) is 41.0 Å². The maximum Gasteiger partial charge on any atom is 2.00 e. The SMILES string of the molecule is CC(C)(c1[c-]c2c3[c-]c(Oc4ccccn4)ccc3n(-c3ccc(F)cc3)c2cc1)c1ccccn1.[Pt+2]. The zero-order valence-corrected chi connectivity index (χ0v) is 22.5. The molecule has 184 valence electrons. The minimum Gasteiger partial charge on any atom is -0.460 e. The monoisotopic (exact) mass is 666 g/mol. The predicted molar refractivity (Wildman–Crippen MR) is 139 cm³/mol. The first-order valence-corrected chi connectivity index (χ1v) is 11.7. The number of nitrogens with zero attached hydrogens (tertiary/aromatic N) is 3. The minimum atomic E-state index is -0.359. The molecule has 0 unspecified atom stereocenters. The Morgan fingerprint density at radius 2 is 1.43 bits per heavy atom. The molecule has 0 saturated heterocycles. The summed E-state index contributed by atoms with van der Waals surface area (Å²) < 4.78 is 21.8. The van der Waals surface area contributed by atoms with Crippen LogP contribution in [-0.4, -0.2) is 14.5 Å². The third-order valence-corrected chi connectivity index (χ3v) is 6.47. The summed E-state index contributed by atoms with van der Waals surface area (Å²) in [6.45, 7) is 4.29. The number of halogens is 1. The molecule has 0 aliphatic rings.